The van der Waals surface area contributed by atoms with E-state index in [1.165, 1.54) is 24.3 Å². The van der Waals surface area contributed by atoms with Crippen molar-refractivity contribution in [1.29, 1.82) is 5.26 Å². The lowest BCUT2D eigenvalue weighted by molar-refractivity contribution is -0.137. The van der Waals surface area contributed by atoms with Gasteiger partial charge in [-0.2, -0.15) is 18.4 Å². The van der Waals surface area contributed by atoms with Crippen LogP contribution in [0.1, 0.15) is 27.5 Å². The minimum Gasteiger partial charge on any atom is -0.454 e. The molecule has 0 spiro atoms. The second-order valence-electron chi connectivity index (χ2n) is 5.51. The van der Waals surface area contributed by atoms with E-state index in [1.54, 1.807) is 6.07 Å². The normalized spacial score (nSPS) is 18.2. The number of halogens is 3. The summed E-state index contributed by atoms with van der Waals surface area (Å²) in [6, 6.07) is 8.70. The van der Waals surface area contributed by atoms with Gasteiger partial charge in [-0.3, -0.25) is 9.69 Å². The predicted octanol–water partition coefficient (Wildman–Crippen LogP) is 3.66. The zero-order chi connectivity index (χ0) is 17.8. The van der Waals surface area contributed by atoms with Gasteiger partial charge in [0.2, 0.25) is 6.79 Å². The van der Waals surface area contributed by atoms with Crippen molar-refractivity contribution >= 4 is 11.6 Å². The molecule has 0 N–H and O–H groups in total. The summed E-state index contributed by atoms with van der Waals surface area (Å²) in [5.74, 6) is -0.0280. The van der Waals surface area contributed by atoms with Crippen molar-refractivity contribution < 1.29 is 27.4 Å². The van der Waals surface area contributed by atoms with Crippen LogP contribution in [0.25, 0.3) is 0 Å². The Labute approximate surface area is 139 Å². The van der Waals surface area contributed by atoms with Crippen LogP contribution in [0.15, 0.2) is 36.4 Å². The van der Waals surface area contributed by atoms with Gasteiger partial charge in [0.15, 0.2) is 17.5 Å². The van der Waals surface area contributed by atoms with E-state index in [2.05, 4.69) is 0 Å². The summed E-state index contributed by atoms with van der Waals surface area (Å²) in [7, 11) is 0. The number of amides is 1. The van der Waals surface area contributed by atoms with Crippen molar-refractivity contribution in [2.75, 3.05) is 11.7 Å². The molecule has 2 aliphatic heterocycles. The van der Waals surface area contributed by atoms with E-state index in [9.17, 15) is 23.2 Å². The molecule has 2 aliphatic rings. The number of ether oxygens (including phenoxy) is 2. The van der Waals surface area contributed by atoms with Crippen LogP contribution in [0.4, 0.5) is 18.9 Å². The Morgan fingerprint density at radius 2 is 1.92 bits per heavy atom. The highest BCUT2D eigenvalue weighted by Gasteiger charge is 2.45. The Hall–Kier alpha value is -3.21. The third kappa shape index (κ3) is 2.20. The fourth-order valence-corrected chi connectivity index (χ4v) is 3.08. The Balaban J connectivity index is 1.86. The van der Waals surface area contributed by atoms with Crippen molar-refractivity contribution in [3.05, 3.63) is 53.1 Å². The summed E-state index contributed by atoms with van der Waals surface area (Å²) in [6.45, 7) is 0.0207. The summed E-state index contributed by atoms with van der Waals surface area (Å²) in [4.78, 5) is 13.8. The van der Waals surface area contributed by atoms with E-state index >= 15 is 0 Å². The molecule has 5 nitrogen and oxygen atoms in total. The van der Waals surface area contributed by atoms with Crippen molar-refractivity contribution in [1.82, 2.24) is 0 Å². The average molecular weight is 346 g/mol. The molecular formula is C17H9F3N2O3. The number of hydrogen-bond donors (Lipinski definition) is 0. The molecule has 1 atom stereocenters. The van der Waals surface area contributed by atoms with Crippen LogP contribution in [-0.2, 0) is 6.18 Å². The molecule has 1 amide bonds. The second kappa shape index (κ2) is 5.14. The monoisotopic (exact) mass is 346 g/mol. The number of benzene rings is 2. The first-order chi connectivity index (χ1) is 11.9. The largest absolute Gasteiger partial charge is 0.454 e. The van der Waals surface area contributed by atoms with E-state index in [4.69, 9.17) is 9.47 Å². The average Bonchev–Trinajstić information content (AvgIpc) is 3.15. The summed E-state index contributed by atoms with van der Waals surface area (Å²) in [5, 5.41) is 9.47. The van der Waals surface area contributed by atoms with E-state index in [0.29, 0.717) is 11.5 Å². The second-order valence-corrected chi connectivity index (χ2v) is 5.51. The topological polar surface area (TPSA) is 62.6 Å². The maximum Gasteiger partial charge on any atom is 0.417 e. The van der Waals surface area contributed by atoms with Gasteiger partial charge in [-0.1, -0.05) is 12.1 Å². The van der Waals surface area contributed by atoms with Gasteiger partial charge in [0.25, 0.3) is 5.91 Å². The Kier molecular flexibility index (Phi) is 3.15. The highest BCUT2D eigenvalue weighted by atomic mass is 19.4. The highest BCUT2D eigenvalue weighted by molar-refractivity contribution is 6.12. The maximum atomic E-state index is 13.3. The van der Waals surface area contributed by atoms with Gasteiger partial charge in [-0.15, -0.1) is 0 Å². The first-order valence-electron chi connectivity index (χ1n) is 7.25. The summed E-state index contributed by atoms with van der Waals surface area (Å²) < 4.78 is 50.2. The van der Waals surface area contributed by atoms with Gasteiger partial charge >= 0.3 is 6.18 Å². The number of nitriles is 1. The summed E-state index contributed by atoms with van der Waals surface area (Å²) in [6.07, 6.45) is -4.69. The van der Waals surface area contributed by atoms with E-state index in [0.717, 1.165) is 11.0 Å². The molecule has 25 heavy (non-hydrogen) atoms. The Bertz CT molecular complexity index is 934. The molecule has 2 heterocycles. The van der Waals surface area contributed by atoms with Crippen LogP contribution in [0, 0.1) is 11.3 Å². The SMILES string of the molecule is N#CC1c2cccc(C(F)(F)F)c2C(=O)N1c1ccc2c(c1)OCO2. The zero-order valence-electron chi connectivity index (χ0n) is 12.5. The first-order valence-corrected chi connectivity index (χ1v) is 7.25. The minimum absolute atomic E-state index is 0.0207. The molecule has 2 aromatic carbocycles. The Morgan fingerprint density at radius 3 is 2.64 bits per heavy atom. The molecule has 0 saturated carbocycles. The number of anilines is 1. The number of carbonyl (C=O) groups is 1. The van der Waals surface area contributed by atoms with Gasteiger partial charge in [0.1, 0.15) is 0 Å². The molecule has 0 bridgehead atoms. The molecule has 1 unspecified atom stereocenters. The number of carbonyl (C=O) groups excluding carboxylic acids is 1. The quantitative estimate of drug-likeness (QED) is 0.791. The molecular weight excluding hydrogens is 337 g/mol. The lowest BCUT2D eigenvalue weighted by Crippen LogP contribution is -2.27. The smallest absolute Gasteiger partial charge is 0.417 e. The molecule has 0 fully saturated rings. The summed E-state index contributed by atoms with van der Waals surface area (Å²) in [5.41, 5.74) is -1.22. The van der Waals surface area contributed by atoms with Gasteiger partial charge < -0.3 is 9.47 Å². The molecule has 126 valence electrons. The van der Waals surface area contributed by atoms with Gasteiger partial charge in [0.05, 0.1) is 17.2 Å². The predicted molar refractivity (Wildman–Crippen MR) is 79.2 cm³/mol. The van der Waals surface area contributed by atoms with Crippen LogP contribution >= 0.6 is 0 Å². The maximum absolute atomic E-state index is 13.3. The molecule has 4 rings (SSSR count). The van der Waals surface area contributed by atoms with Crippen molar-refractivity contribution in [2.24, 2.45) is 0 Å². The third-order valence-corrected chi connectivity index (χ3v) is 4.14. The number of alkyl halides is 3. The fraction of sp³-hybridized carbons (Fsp3) is 0.176. The van der Waals surface area contributed by atoms with Gasteiger partial charge in [-0.05, 0) is 18.2 Å². The standard InChI is InChI=1S/C17H9F3N2O3/c18-17(19,20)11-3-1-2-10-12(7-21)22(16(23)15(10)11)9-4-5-13-14(6-9)25-8-24-13/h1-6,12H,8H2. The van der Waals surface area contributed by atoms with Gasteiger partial charge in [-0.25, -0.2) is 0 Å². The lowest BCUT2D eigenvalue weighted by atomic mass is 10.00. The molecule has 0 aliphatic carbocycles. The number of rotatable bonds is 1. The number of fused-ring (bicyclic) bond motifs is 2. The lowest BCUT2D eigenvalue weighted by Gasteiger charge is -2.20. The van der Waals surface area contributed by atoms with E-state index in [1.807, 2.05) is 6.07 Å². The van der Waals surface area contributed by atoms with Crippen molar-refractivity contribution in [3.63, 3.8) is 0 Å². The molecule has 0 saturated heterocycles. The number of nitrogens with zero attached hydrogens (tertiary/aromatic N) is 2. The summed E-state index contributed by atoms with van der Waals surface area (Å²) >= 11 is 0. The van der Waals surface area contributed by atoms with Crippen LogP contribution in [0.5, 0.6) is 11.5 Å². The molecule has 0 aromatic heterocycles. The minimum atomic E-state index is -4.69. The van der Waals surface area contributed by atoms with E-state index < -0.39 is 29.3 Å². The van der Waals surface area contributed by atoms with Crippen molar-refractivity contribution in [3.8, 4) is 17.6 Å². The third-order valence-electron chi connectivity index (χ3n) is 4.14. The van der Waals surface area contributed by atoms with Crippen LogP contribution in [-0.4, -0.2) is 12.7 Å². The van der Waals surface area contributed by atoms with Crippen LogP contribution in [0.3, 0.4) is 0 Å². The number of hydrogen-bond acceptors (Lipinski definition) is 4. The van der Waals surface area contributed by atoms with Crippen molar-refractivity contribution in [2.45, 2.75) is 12.2 Å². The fourth-order valence-electron chi connectivity index (χ4n) is 3.08. The zero-order valence-corrected chi connectivity index (χ0v) is 12.5. The van der Waals surface area contributed by atoms with Gasteiger partial charge in [0, 0.05) is 17.3 Å². The van der Waals surface area contributed by atoms with Crippen LogP contribution < -0.4 is 14.4 Å². The highest BCUT2D eigenvalue weighted by Crippen LogP contribution is 2.45. The molecule has 0 radical (unpaired) electrons. The van der Waals surface area contributed by atoms with Crippen LogP contribution in [0.2, 0.25) is 0 Å². The van der Waals surface area contributed by atoms with E-state index in [-0.39, 0.29) is 18.0 Å². The molecule has 2 aromatic rings. The first kappa shape index (κ1) is 15.3. The Morgan fingerprint density at radius 1 is 1.16 bits per heavy atom. The molecule has 8 heteroatoms.